The number of nitrogens with one attached hydrogen (secondary N) is 1. The Hall–Kier alpha value is -2.48. The van der Waals surface area contributed by atoms with Crippen LogP contribution in [-0.4, -0.2) is 69.2 Å². The van der Waals surface area contributed by atoms with Gasteiger partial charge in [-0.2, -0.15) is 4.72 Å². The van der Waals surface area contributed by atoms with Gasteiger partial charge in [0.1, 0.15) is 17.5 Å². The highest BCUT2D eigenvalue weighted by Crippen LogP contribution is 2.34. The molecule has 0 saturated carbocycles. The predicted molar refractivity (Wildman–Crippen MR) is 152 cm³/mol. The number of anilines is 1. The van der Waals surface area contributed by atoms with Crippen molar-refractivity contribution in [1.82, 2.24) is 14.8 Å². The first kappa shape index (κ1) is 29.0. The number of amides is 2. The maximum Gasteiger partial charge on any atom is 0.253 e. The third-order valence-corrected chi connectivity index (χ3v) is 10.1. The summed E-state index contributed by atoms with van der Waals surface area (Å²) in [5.74, 6) is -0.190. The molecule has 1 aromatic carbocycles. The highest BCUT2D eigenvalue weighted by molar-refractivity contribution is 7.89. The summed E-state index contributed by atoms with van der Waals surface area (Å²) in [5, 5.41) is 3.99. The first-order valence-electron chi connectivity index (χ1n) is 12.9. The number of carbonyl (C=O) groups excluding carboxylic acids is 2. The van der Waals surface area contributed by atoms with Crippen molar-refractivity contribution in [2.24, 2.45) is 0 Å². The van der Waals surface area contributed by atoms with Crippen molar-refractivity contribution in [3.8, 4) is 10.6 Å². The number of rotatable bonds is 8. The van der Waals surface area contributed by atoms with Crippen LogP contribution >= 0.6 is 34.5 Å². The van der Waals surface area contributed by atoms with E-state index in [1.54, 1.807) is 29.2 Å². The van der Waals surface area contributed by atoms with E-state index in [4.69, 9.17) is 32.5 Å². The van der Waals surface area contributed by atoms with Crippen LogP contribution in [0.3, 0.4) is 0 Å². The van der Waals surface area contributed by atoms with Gasteiger partial charge in [-0.25, -0.2) is 8.42 Å². The molecular weight excluding hydrogens is 599 g/mol. The fourth-order valence-corrected chi connectivity index (χ4v) is 7.62. The molecule has 14 heteroatoms. The molecule has 4 heterocycles. The van der Waals surface area contributed by atoms with E-state index in [0.29, 0.717) is 35.5 Å². The summed E-state index contributed by atoms with van der Waals surface area (Å²) >= 11 is 13.9. The van der Waals surface area contributed by atoms with Gasteiger partial charge in [-0.15, -0.1) is 11.3 Å². The van der Waals surface area contributed by atoms with E-state index in [1.807, 2.05) is 0 Å². The van der Waals surface area contributed by atoms with E-state index in [0.717, 1.165) is 30.6 Å². The number of morpholine rings is 1. The van der Waals surface area contributed by atoms with Crippen molar-refractivity contribution in [3.63, 3.8) is 0 Å². The van der Waals surface area contributed by atoms with Crippen LogP contribution in [-0.2, 0) is 30.8 Å². The summed E-state index contributed by atoms with van der Waals surface area (Å²) in [5.41, 5.74) is 0.679. The van der Waals surface area contributed by atoms with Crippen LogP contribution in [0.2, 0.25) is 9.36 Å². The highest BCUT2D eigenvalue weighted by Gasteiger charge is 2.33. The topological polar surface area (TPSA) is 122 Å². The largest absolute Gasteiger partial charge is 0.370 e. The van der Waals surface area contributed by atoms with Crippen molar-refractivity contribution in [2.45, 2.75) is 43.0 Å². The predicted octanol–water partition coefficient (Wildman–Crippen LogP) is 4.37. The lowest BCUT2D eigenvalue weighted by Crippen LogP contribution is -2.50. The molecule has 2 saturated heterocycles. The minimum atomic E-state index is -4.30. The summed E-state index contributed by atoms with van der Waals surface area (Å²) in [6.45, 7) is 1.53. The van der Waals surface area contributed by atoms with Crippen LogP contribution < -0.4 is 9.62 Å². The molecule has 5 rings (SSSR count). The number of nitrogens with zero attached hydrogens (tertiary/aromatic N) is 3. The molecular formula is C26H28Cl2N4O6S2. The first-order chi connectivity index (χ1) is 19.2. The second-order valence-electron chi connectivity index (χ2n) is 9.59. The molecule has 214 valence electrons. The van der Waals surface area contributed by atoms with Gasteiger partial charge in [0.2, 0.25) is 15.9 Å². The van der Waals surface area contributed by atoms with Crippen LogP contribution in [0, 0.1) is 0 Å². The van der Waals surface area contributed by atoms with E-state index in [2.05, 4.69) is 9.88 Å². The smallest absolute Gasteiger partial charge is 0.253 e. The molecule has 2 aliphatic heterocycles. The molecule has 2 aromatic heterocycles. The fraction of sp³-hybridized carbons (Fsp3) is 0.423. The highest BCUT2D eigenvalue weighted by atomic mass is 35.5. The van der Waals surface area contributed by atoms with Gasteiger partial charge in [-0.05, 0) is 37.1 Å². The van der Waals surface area contributed by atoms with Gasteiger partial charge in [-0.3, -0.25) is 9.59 Å². The molecule has 0 bridgehead atoms. The number of benzene rings is 1. The maximum atomic E-state index is 13.7. The standard InChI is InChI=1S/C26H28Cl2N4O6S2/c27-23-9-8-21(39-23)20-15-17(29-38-20)14-18(26(34)31-10-3-1-2-4-11-31)30-40(35,36)22-7-5-6-19(25(22)28)32-12-13-37-16-24(32)33/h5-9,15,18,30H,1-4,10-14,16H2. The Labute approximate surface area is 246 Å². The van der Waals surface area contributed by atoms with E-state index in [9.17, 15) is 18.0 Å². The minimum Gasteiger partial charge on any atom is -0.370 e. The molecule has 1 atom stereocenters. The number of hydrogen-bond donors (Lipinski definition) is 1. The van der Waals surface area contributed by atoms with Crippen molar-refractivity contribution < 1.29 is 27.3 Å². The third-order valence-electron chi connectivity index (χ3n) is 6.81. The second kappa shape index (κ2) is 12.6. The summed E-state index contributed by atoms with van der Waals surface area (Å²) in [7, 11) is -4.30. The fourth-order valence-electron chi connectivity index (χ4n) is 4.81. The van der Waals surface area contributed by atoms with Gasteiger partial charge in [0, 0.05) is 32.1 Å². The van der Waals surface area contributed by atoms with Crippen LogP contribution in [0.1, 0.15) is 31.4 Å². The molecule has 2 fully saturated rings. The SMILES string of the molecule is O=C(C(Cc1cc(-c2ccc(Cl)s2)on1)NS(=O)(=O)c1cccc(N2CCOCC2=O)c1Cl)N1CCCCCC1. The summed E-state index contributed by atoms with van der Waals surface area (Å²) in [4.78, 5) is 29.7. The van der Waals surface area contributed by atoms with Gasteiger partial charge in [0.25, 0.3) is 5.91 Å². The number of hydrogen-bond acceptors (Lipinski definition) is 8. The Kier molecular flexibility index (Phi) is 9.13. The molecule has 1 unspecified atom stereocenters. The molecule has 40 heavy (non-hydrogen) atoms. The average molecular weight is 628 g/mol. The lowest BCUT2D eigenvalue weighted by molar-refractivity contribution is -0.133. The zero-order chi connectivity index (χ0) is 28.3. The summed E-state index contributed by atoms with van der Waals surface area (Å²) in [6, 6.07) is 8.51. The number of ether oxygens (including phenoxy) is 1. The lowest BCUT2D eigenvalue weighted by Gasteiger charge is -2.29. The van der Waals surface area contributed by atoms with Crippen LogP contribution in [0.5, 0.6) is 0 Å². The van der Waals surface area contributed by atoms with Gasteiger partial charge in [0.15, 0.2) is 5.76 Å². The number of sulfonamides is 1. The molecule has 0 radical (unpaired) electrons. The molecule has 3 aromatic rings. The van der Waals surface area contributed by atoms with Gasteiger partial charge in [0.05, 0.1) is 32.2 Å². The normalized spacial score (nSPS) is 17.6. The number of thiophene rings is 1. The number of aromatic nitrogens is 1. The zero-order valence-corrected chi connectivity index (χ0v) is 24.6. The number of halogens is 2. The quantitative estimate of drug-likeness (QED) is 0.394. The van der Waals surface area contributed by atoms with Crippen LogP contribution in [0.15, 0.2) is 45.8 Å². The molecule has 0 aliphatic carbocycles. The molecule has 10 nitrogen and oxygen atoms in total. The summed E-state index contributed by atoms with van der Waals surface area (Å²) < 4.78 is 41.2. The van der Waals surface area contributed by atoms with Crippen molar-refractivity contribution in [3.05, 3.63) is 51.5 Å². The van der Waals surface area contributed by atoms with Crippen molar-refractivity contribution >= 4 is 62.1 Å². The van der Waals surface area contributed by atoms with Gasteiger partial charge in [-0.1, -0.05) is 47.3 Å². The molecule has 1 N–H and O–H groups in total. The second-order valence-corrected chi connectivity index (χ2v) is 13.4. The van der Waals surface area contributed by atoms with E-state index in [1.165, 1.54) is 28.4 Å². The average Bonchev–Trinajstić information content (AvgIpc) is 3.48. The van der Waals surface area contributed by atoms with Crippen LogP contribution in [0.4, 0.5) is 5.69 Å². The first-order valence-corrected chi connectivity index (χ1v) is 16.0. The maximum absolute atomic E-state index is 13.7. The summed E-state index contributed by atoms with van der Waals surface area (Å²) in [6.07, 6.45) is 3.69. The van der Waals surface area contributed by atoms with E-state index in [-0.39, 0.29) is 47.0 Å². The van der Waals surface area contributed by atoms with E-state index < -0.39 is 16.1 Å². The Morgan fingerprint density at radius 1 is 1.10 bits per heavy atom. The Morgan fingerprint density at radius 3 is 2.58 bits per heavy atom. The monoisotopic (exact) mass is 626 g/mol. The third kappa shape index (κ3) is 6.53. The zero-order valence-electron chi connectivity index (χ0n) is 21.5. The van der Waals surface area contributed by atoms with Gasteiger partial charge >= 0.3 is 0 Å². The number of carbonyl (C=O) groups is 2. The molecule has 0 spiro atoms. The number of likely N-dealkylation sites (tertiary alicyclic amines) is 1. The van der Waals surface area contributed by atoms with Crippen molar-refractivity contribution in [1.29, 1.82) is 0 Å². The Bertz CT molecular complexity index is 1480. The Balaban J connectivity index is 1.43. The van der Waals surface area contributed by atoms with E-state index >= 15 is 0 Å². The molecule has 2 amide bonds. The Morgan fingerprint density at radius 2 is 1.88 bits per heavy atom. The minimum absolute atomic E-state index is 0.0313. The van der Waals surface area contributed by atoms with Gasteiger partial charge < -0.3 is 19.1 Å². The lowest BCUT2D eigenvalue weighted by atomic mass is 10.1. The molecule has 2 aliphatic rings. The van der Waals surface area contributed by atoms with Crippen molar-refractivity contribution in [2.75, 3.05) is 37.7 Å². The van der Waals surface area contributed by atoms with Crippen LogP contribution in [0.25, 0.3) is 10.6 Å².